The highest BCUT2D eigenvalue weighted by Crippen LogP contribution is 2.17. The van der Waals surface area contributed by atoms with Gasteiger partial charge in [0.25, 0.3) is 0 Å². The Bertz CT molecular complexity index is 480. The molecule has 3 rings (SSSR count). The third-order valence-electron chi connectivity index (χ3n) is 4.43. The number of unbranched alkanes of at least 4 members (excludes halogenated alkanes) is 1. The summed E-state index contributed by atoms with van der Waals surface area (Å²) in [6.45, 7) is 7.54. The molecule has 0 bridgehead atoms. The first-order valence-corrected chi connectivity index (χ1v) is 8.18. The maximum absolute atomic E-state index is 13.0. The first kappa shape index (κ1) is 15.2. The minimum atomic E-state index is -0.162. The molecule has 1 saturated heterocycles. The molecule has 0 radical (unpaired) electrons. The molecule has 0 amide bonds. The molecule has 1 aromatic rings. The van der Waals surface area contributed by atoms with Gasteiger partial charge in [-0.05, 0) is 43.7 Å². The lowest BCUT2D eigenvalue weighted by Crippen LogP contribution is -2.46. The number of rotatable bonds is 6. The van der Waals surface area contributed by atoms with Crippen molar-refractivity contribution < 1.29 is 4.39 Å². The number of anilines is 1. The van der Waals surface area contributed by atoms with Crippen molar-refractivity contribution in [2.24, 2.45) is 0 Å². The summed E-state index contributed by atoms with van der Waals surface area (Å²) in [6.07, 6.45) is 6.63. The highest BCUT2D eigenvalue weighted by atomic mass is 19.1. The van der Waals surface area contributed by atoms with E-state index in [2.05, 4.69) is 26.2 Å². The average molecular weight is 304 g/mol. The molecular formula is C17H25FN4. The maximum Gasteiger partial charge on any atom is 0.123 e. The van der Waals surface area contributed by atoms with Gasteiger partial charge in [0.05, 0.1) is 6.67 Å². The smallest absolute Gasteiger partial charge is 0.123 e. The van der Waals surface area contributed by atoms with Gasteiger partial charge < -0.3 is 15.1 Å². The zero-order valence-electron chi connectivity index (χ0n) is 13.0. The van der Waals surface area contributed by atoms with Gasteiger partial charge in [0, 0.05) is 50.8 Å². The fourth-order valence-electron chi connectivity index (χ4n) is 3.07. The average Bonchev–Trinajstić information content (AvgIpc) is 3.06. The van der Waals surface area contributed by atoms with Gasteiger partial charge >= 0.3 is 0 Å². The second-order valence-electron chi connectivity index (χ2n) is 6.00. The van der Waals surface area contributed by atoms with Crippen LogP contribution in [0.25, 0.3) is 0 Å². The number of nitrogens with zero attached hydrogens (tertiary/aromatic N) is 3. The quantitative estimate of drug-likeness (QED) is 0.812. The molecule has 0 atom stereocenters. The van der Waals surface area contributed by atoms with Crippen LogP contribution in [0.3, 0.4) is 0 Å². The summed E-state index contributed by atoms with van der Waals surface area (Å²) >= 11 is 0. The van der Waals surface area contributed by atoms with Gasteiger partial charge in [0.1, 0.15) is 5.82 Å². The van der Waals surface area contributed by atoms with Crippen molar-refractivity contribution in [2.45, 2.75) is 12.8 Å². The van der Waals surface area contributed by atoms with E-state index in [9.17, 15) is 4.39 Å². The predicted molar refractivity (Wildman–Crippen MR) is 88.1 cm³/mol. The fraction of sp³-hybridized carbons (Fsp3) is 0.529. The van der Waals surface area contributed by atoms with Crippen LogP contribution in [0.15, 0.2) is 36.7 Å². The molecule has 22 heavy (non-hydrogen) atoms. The Morgan fingerprint density at radius 3 is 2.36 bits per heavy atom. The lowest BCUT2D eigenvalue weighted by atomic mass is 10.2. The molecule has 2 heterocycles. The van der Waals surface area contributed by atoms with Crippen LogP contribution < -0.4 is 10.2 Å². The third-order valence-corrected chi connectivity index (χ3v) is 4.43. The molecule has 1 N–H and O–H groups in total. The van der Waals surface area contributed by atoms with Crippen LogP contribution in [0, 0.1) is 5.82 Å². The molecule has 1 aromatic carbocycles. The van der Waals surface area contributed by atoms with E-state index in [0.29, 0.717) is 0 Å². The van der Waals surface area contributed by atoms with E-state index < -0.39 is 0 Å². The zero-order chi connectivity index (χ0) is 15.2. The highest BCUT2D eigenvalue weighted by molar-refractivity contribution is 5.46. The monoisotopic (exact) mass is 304 g/mol. The Kier molecular flexibility index (Phi) is 5.16. The van der Waals surface area contributed by atoms with Crippen molar-refractivity contribution in [3.05, 3.63) is 42.5 Å². The van der Waals surface area contributed by atoms with Crippen molar-refractivity contribution in [2.75, 3.05) is 50.8 Å². The highest BCUT2D eigenvalue weighted by Gasteiger charge is 2.16. The molecule has 4 nitrogen and oxygen atoms in total. The molecule has 120 valence electrons. The number of nitrogens with one attached hydrogen (secondary N) is 1. The molecule has 2 aliphatic rings. The SMILES string of the molecule is Fc1ccc(N2CCN(CCCCN3C=CNC3)CC2)cc1. The topological polar surface area (TPSA) is 21.8 Å². The molecule has 1 fully saturated rings. The van der Waals surface area contributed by atoms with E-state index in [1.807, 2.05) is 18.3 Å². The Hall–Kier alpha value is -1.75. The fourth-order valence-corrected chi connectivity index (χ4v) is 3.07. The Morgan fingerprint density at radius 1 is 0.955 bits per heavy atom. The number of hydrogen-bond donors (Lipinski definition) is 1. The predicted octanol–water partition coefficient (Wildman–Crippen LogP) is 2.06. The van der Waals surface area contributed by atoms with Crippen LogP contribution in [0.4, 0.5) is 10.1 Å². The largest absolute Gasteiger partial charge is 0.373 e. The van der Waals surface area contributed by atoms with Gasteiger partial charge in [-0.2, -0.15) is 0 Å². The van der Waals surface area contributed by atoms with Gasteiger partial charge in [0.15, 0.2) is 0 Å². The Morgan fingerprint density at radius 2 is 1.68 bits per heavy atom. The van der Waals surface area contributed by atoms with Crippen molar-refractivity contribution >= 4 is 5.69 Å². The van der Waals surface area contributed by atoms with E-state index >= 15 is 0 Å². The minimum absolute atomic E-state index is 0.162. The Labute approximate surface area is 132 Å². The van der Waals surface area contributed by atoms with Crippen LogP contribution >= 0.6 is 0 Å². The normalized spacial score (nSPS) is 18.8. The minimum Gasteiger partial charge on any atom is -0.373 e. The molecular weight excluding hydrogens is 279 g/mol. The molecule has 0 unspecified atom stereocenters. The van der Waals surface area contributed by atoms with Gasteiger partial charge in [-0.25, -0.2) is 4.39 Å². The molecule has 0 aliphatic carbocycles. The van der Waals surface area contributed by atoms with Crippen LogP contribution in [-0.2, 0) is 0 Å². The van der Waals surface area contributed by atoms with Crippen LogP contribution in [0.2, 0.25) is 0 Å². The van der Waals surface area contributed by atoms with Crippen molar-refractivity contribution in [3.8, 4) is 0 Å². The molecule has 0 aromatic heterocycles. The molecule has 0 spiro atoms. The summed E-state index contributed by atoms with van der Waals surface area (Å²) < 4.78 is 13.0. The molecule has 2 aliphatic heterocycles. The summed E-state index contributed by atoms with van der Waals surface area (Å²) in [5, 5.41) is 3.19. The standard InChI is InChI=1S/C17H25FN4/c18-16-3-5-17(6-4-16)22-13-11-20(12-14-22)8-1-2-9-21-10-7-19-15-21/h3-7,10,19H,1-2,8-9,11-15H2. The van der Waals surface area contributed by atoms with E-state index in [1.54, 1.807) is 12.1 Å². The van der Waals surface area contributed by atoms with E-state index in [-0.39, 0.29) is 5.82 Å². The number of piperazine rings is 1. The van der Waals surface area contributed by atoms with Gasteiger partial charge in [-0.15, -0.1) is 0 Å². The van der Waals surface area contributed by atoms with Crippen molar-refractivity contribution in [3.63, 3.8) is 0 Å². The van der Waals surface area contributed by atoms with Gasteiger partial charge in [-0.3, -0.25) is 4.90 Å². The first-order chi connectivity index (χ1) is 10.8. The number of halogens is 1. The second kappa shape index (κ2) is 7.49. The summed E-state index contributed by atoms with van der Waals surface area (Å²) in [7, 11) is 0. The second-order valence-corrected chi connectivity index (χ2v) is 6.00. The van der Waals surface area contributed by atoms with Gasteiger partial charge in [-0.1, -0.05) is 0 Å². The van der Waals surface area contributed by atoms with Crippen molar-refractivity contribution in [1.29, 1.82) is 0 Å². The van der Waals surface area contributed by atoms with E-state index in [1.165, 1.54) is 19.4 Å². The molecule has 0 saturated carbocycles. The first-order valence-electron chi connectivity index (χ1n) is 8.18. The summed E-state index contributed by atoms with van der Waals surface area (Å²) in [4.78, 5) is 7.20. The Balaban J connectivity index is 1.33. The van der Waals surface area contributed by atoms with Crippen molar-refractivity contribution in [1.82, 2.24) is 15.1 Å². The summed E-state index contributed by atoms with van der Waals surface area (Å²) in [5.74, 6) is -0.162. The van der Waals surface area contributed by atoms with E-state index in [4.69, 9.17) is 0 Å². The van der Waals surface area contributed by atoms with E-state index in [0.717, 1.165) is 45.1 Å². The maximum atomic E-state index is 13.0. The lowest BCUT2D eigenvalue weighted by Gasteiger charge is -2.36. The summed E-state index contributed by atoms with van der Waals surface area (Å²) in [5.41, 5.74) is 1.13. The summed E-state index contributed by atoms with van der Waals surface area (Å²) in [6, 6.07) is 6.85. The van der Waals surface area contributed by atoms with Crippen LogP contribution in [0.5, 0.6) is 0 Å². The third kappa shape index (κ3) is 4.13. The zero-order valence-corrected chi connectivity index (χ0v) is 13.0. The lowest BCUT2D eigenvalue weighted by molar-refractivity contribution is 0.247. The number of benzene rings is 1. The number of hydrogen-bond acceptors (Lipinski definition) is 4. The van der Waals surface area contributed by atoms with Gasteiger partial charge in [0.2, 0.25) is 0 Å². The molecule has 5 heteroatoms. The van der Waals surface area contributed by atoms with Crippen LogP contribution in [-0.4, -0.2) is 55.7 Å². The van der Waals surface area contributed by atoms with Crippen LogP contribution in [0.1, 0.15) is 12.8 Å².